The van der Waals surface area contributed by atoms with Gasteiger partial charge in [0.15, 0.2) is 22.9 Å². The molecule has 0 aliphatic rings. The Kier molecular flexibility index (Phi) is 9.88. The molecule has 2 aromatic carbocycles. The van der Waals surface area contributed by atoms with Crippen molar-refractivity contribution in [3.8, 4) is 0 Å². The number of aromatic nitrogens is 8. The Labute approximate surface area is 272 Å². The van der Waals surface area contributed by atoms with Crippen molar-refractivity contribution in [3.05, 3.63) is 94.0 Å². The summed E-state index contributed by atoms with van der Waals surface area (Å²) >= 11 is 11.7. The van der Waals surface area contributed by atoms with E-state index < -0.39 is 0 Å². The van der Waals surface area contributed by atoms with Crippen molar-refractivity contribution < 1.29 is 19.1 Å². The zero-order chi connectivity index (χ0) is 32.8. The van der Waals surface area contributed by atoms with Gasteiger partial charge >= 0.3 is 11.9 Å². The van der Waals surface area contributed by atoms with Crippen LogP contribution in [0.25, 0.3) is 22.3 Å². The monoisotopic (exact) mass is 662 g/mol. The van der Waals surface area contributed by atoms with E-state index in [0.29, 0.717) is 35.4 Å². The largest absolute Gasteiger partial charge is 0.469 e. The maximum Gasteiger partial charge on any atom is 0.309 e. The number of halogens is 2. The van der Waals surface area contributed by atoms with E-state index in [1.165, 1.54) is 14.2 Å². The fraction of sp³-hybridized carbons (Fsp3) is 0.200. The lowest BCUT2D eigenvalue weighted by atomic mass is 10.1. The van der Waals surface area contributed by atoms with E-state index in [9.17, 15) is 9.59 Å². The maximum atomic E-state index is 11.4. The lowest BCUT2D eigenvalue weighted by Crippen LogP contribution is -2.06. The summed E-state index contributed by atoms with van der Waals surface area (Å²) in [6.45, 7) is 1.05. The van der Waals surface area contributed by atoms with Crippen LogP contribution in [0.1, 0.15) is 22.3 Å². The van der Waals surface area contributed by atoms with Gasteiger partial charge in [-0.05, 0) is 45.5 Å². The highest BCUT2D eigenvalue weighted by atomic mass is 35.5. The number of nitrogens with two attached hydrogens (primary N) is 2. The van der Waals surface area contributed by atoms with Crippen LogP contribution in [0.15, 0.2) is 61.2 Å². The third-order valence-corrected chi connectivity index (χ3v) is 7.11. The highest BCUT2D eigenvalue weighted by molar-refractivity contribution is 6.29. The van der Waals surface area contributed by atoms with Crippen LogP contribution >= 0.6 is 23.2 Å². The van der Waals surface area contributed by atoms with Gasteiger partial charge in [0.05, 0.1) is 52.8 Å². The quantitative estimate of drug-likeness (QED) is 0.178. The number of rotatable bonds is 8. The average Bonchev–Trinajstić information content (AvgIpc) is 3.62. The molecule has 0 aliphatic heterocycles. The molecule has 0 saturated carbocycles. The van der Waals surface area contributed by atoms with Gasteiger partial charge in [-0.15, -0.1) is 0 Å². The van der Waals surface area contributed by atoms with Crippen LogP contribution in [0.3, 0.4) is 0 Å². The predicted octanol–water partition coefficient (Wildman–Crippen LogP) is 3.65. The van der Waals surface area contributed by atoms with Gasteiger partial charge in [0, 0.05) is 0 Å². The summed E-state index contributed by atoms with van der Waals surface area (Å²) in [5, 5.41) is 0.160. The second kappa shape index (κ2) is 14.2. The van der Waals surface area contributed by atoms with Crippen LogP contribution in [-0.2, 0) is 45.0 Å². The Balaban J connectivity index is 0.000000181. The molecule has 0 amide bonds. The molecule has 0 fully saturated rings. The third kappa shape index (κ3) is 7.65. The number of carbonyl (C=O) groups is 2. The van der Waals surface area contributed by atoms with Crippen molar-refractivity contribution in [2.45, 2.75) is 25.9 Å². The van der Waals surface area contributed by atoms with E-state index in [-0.39, 0.29) is 47.0 Å². The number of imidazole rings is 2. The average molecular weight is 664 g/mol. The highest BCUT2D eigenvalue weighted by Gasteiger charge is 2.13. The summed E-state index contributed by atoms with van der Waals surface area (Å²) in [5.74, 6) is -0.0542. The number of ether oxygens (including phenoxy) is 2. The van der Waals surface area contributed by atoms with E-state index in [4.69, 9.17) is 34.7 Å². The Morgan fingerprint density at radius 3 is 1.46 bits per heavy atom. The molecule has 4 heterocycles. The third-order valence-electron chi connectivity index (χ3n) is 6.77. The lowest BCUT2D eigenvalue weighted by molar-refractivity contribution is -0.140. The second-order valence-electron chi connectivity index (χ2n) is 9.99. The topological polar surface area (TPSA) is 192 Å². The minimum absolute atomic E-state index is 0.0798. The van der Waals surface area contributed by atoms with Gasteiger partial charge in [0.25, 0.3) is 0 Å². The number of anilines is 2. The van der Waals surface area contributed by atoms with Crippen molar-refractivity contribution in [3.63, 3.8) is 0 Å². The number of benzene rings is 2. The zero-order valence-corrected chi connectivity index (χ0v) is 26.2. The SMILES string of the molecule is COC(=O)Cc1cccc(Cn2cnc3c(N)nc(Cl)nc32)c1.COC(=O)Cc1cccc(Cn2cnc3c(N)nc(Cl)nc32)c1. The van der Waals surface area contributed by atoms with Crippen molar-refractivity contribution >= 4 is 69.1 Å². The van der Waals surface area contributed by atoms with E-state index in [0.717, 1.165) is 22.3 Å². The summed E-state index contributed by atoms with van der Waals surface area (Å²) in [4.78, 5) is 47.3. The van der Waals surface area contributed by atoms with E-state index in [2.05, 4.69) is 39.4 Å². The van der Waals surface area contributed by atoms with E-state index in [1.807, 2.05) is 57.7 Å². The first-order valence-electron chi connectivity index (χ1n) is 13.7. The van der Waals surface area contributed by atoms with Crippen LogP contribution in [-0.4, -0.2) is 65.2 Å². The Bertz CT molecular complexity index is 1900. The molecule has 0 bridgehead atoms. The first-order valence-corrected chi connectivity index (χ1v) is 14.5. The molecule has 0 radical (unpaired) electrons. The van der Waals surface area contributed by atoms with E-state index >= 15 is 0 Å². The molecule has 0 spiro atoms. The Hall–Kier alpha value is -5.34. The van der Waals surface area contributed by atoms with Crippen LogP contribution in [0, 0.1) is 0 Å². The lowest BCUT2D eigenvalue weighted by Gasteiger charge is -2.07. The van der Waals surface area contributed by atoms with Crippen molar-refractivity contribution in [1.29, 1.82) is 0 Å². The number of nitrogens with zero attached hydrogens (tertiary/aromatic N) is 8. The highest BCUT2D eigenvalue weighted by Crippen LogP contribution is 2.21. The summed E-state index contributed by atoms with van der Waals surface area (Å²) < 4.78 is 13.0. The first-order chi connectivity index (χ1) is 22.1. The summed E-state index contributed by atoms with van der Waals surface area (Å²) in [7, 11) is 2.75. The minimum Gasteiger partial charge on any atom is -0.469 e. The summed E-state index contributed by atoms with van der Waals surface area (Å²) in [6, 6.07) is 15.3. The van der Waals surface area contributed by atoms with Gasteiger partial charge in [0.2, 0.25) is 10.6 Å². The first kappa shape index (κ1) is 32.1. The maximum absolute atomic E-state index is 11.4. The van der Waals surface area contributed by atoms with Gasteiger partial charge in [-0.1, -0.05) is 48.5 Å². The van der Waals surface area contributed by atoms with Gasteiger partial charge < -0.3 is 30.1 Å². The van der Waals surface area contributed by atoms with Gasteiger partial charge in [-0.25, -0.2) is 9.97 Å². The molecule has 14 nitrogen and oxygen atoms in total. The van der Waals surface area contributed by atoms with Crippen molar-refractivity contribution in [2.24, 2.45) is 0 Å². The van der Waals surface area contributed by atoms with Gasteiger partial charge in [-0.2, -0.15) is 19.9 Å². The number of esters is 2. The molecule has 0 aliphatic carbocycles. The smallest absolute Gasteiger partial charge is 0.309 e. The Morgan fingerprint density at radius 1 is 0.674 bits per heavy atom. The molecule has 6 rings (SSSR count). The van der Waals surface area contributed by atoms with Crippen LogP contribution in [0.2, 0.25) is 10.6 Å². The molecule has 46 heavy (non-hydrogen) atoms. The molecular formula is C30H28Cl2N10O4. The molecule has 4 N–H and O–H groups in total. The molecule has 0 saturated heterocycles. The van der Waals surface area contributed by atoms with Crippen LogP contribution < -0.4 is 11.5 Å². The molecule has 236 valence electrons. The van der Waals surface area contributed by atoms with Crippen molar-refractivity contribution in [1.82, 2.24) is 39.0 Å². The summed E-state index contributed by atoms with van der Waals surface area (Å²) in [6.07, 6.45) is 3.74. The number of hydrogen-bond donors (Lipinski definition) is 2. The molecule has 16 heteroatoms. The molecule has 6 aromatic rings. The minimum atomic E-state index is -0.275. The number of fused-ring (bicyclic) bond motifs is 2. The van der Waals surface area contributed by atoms with Gasteiger partial charge in [0.1, 0.15) is 11.0 Å². The summed E-state index contributed by atoms with van der Waals surface area (Å²) in [5.41, 5.74) is 17.5. The normalized spacial score (nSPS) is 10.9. The second-order valence-corrected chi connectivity index (χ2v) is 10.7. The standard InChI is InChI=1S/2C15H14ClN5O2/c2*1-23-11(22)6-9-3-2-4-10(5-9)7-21-8-18-12-13(17)19-15(16)20-14(12)21/h2*2-5,8H,6-7H2,1H3,(H2,17,19,20). The molecule has 0 atom stereocenters. The number of hydrogen-bond acceptors (Lipinski definition) is 12. The molecular weight excluding hydrogens is 635 g/mol. The Morgan fingerprint density at radius 2 is 1.07 bits per heavy atom. The van der Waals surface area contributed by atoms with Crippen LogP contribution in [0.5, 0.6) is 0 Å². The van der Waals surface area contributed by atoms with E-state index in [1.54, 1.807) is 12.7 Å². The predicted molar refractivity (Wildman–Crippen MR) is 172 cm³/mol. The zero-order valence-electron chi connectivity index (χ0n) is 24.7. The fourth-order valence-electron chi connectivity index (χ4n) is 4.66. The fourth-order valence-corrected chi connectivity index (χ4v) is 5.00. The number of methoxy groups -OCH3 is 2. The number of nitrogen functional groups attached to an aromatic ring is 2. The molecule has 0 unspecified atom stereocenters. The van der Waals surface area contributed by atoms with Crippen molar-refractivity contribution in [2.75, 3.05) is 25.7 Å². The number of carbonyl (C=O) groups excluding carboxylic acids is 2. The van der Waals surface area contributed by atoms with Crippen LogP contribution in [0.4, 0.5) is 11.6 Å². The van der Waals surface area contributed by atoms with Gasteiger partial charge in [-0.3, -0.25) is 9.59 Å². The molecule has 4 aromatic heterocycles.